The van der Waals surface area contributed by atoms with Crippen molar-refractivity contribution in [3.05, 3.63) is 104 Å². The maximum Gasteiger partial charge on any atom is 0.267 e. The Bertz CT molecular complexity index is 1760. The van der Waals surface area contributed by atoms with E-state index in [1.54, 1.807) is 15.9 Å². The van der Waals surface area contributed by atoms with Gasteiger partial charge < -0.3 is 4.57 Å². The summed E-state index contributed by atoms with van der Waals surface area (Å²) in [5.41, 5.74) is 6.79. The molecule has 0 saturated heterocycles. The lowest BCUT2D eigenvalue weighted by molar-refractivity contribution is 0.102. The van der Waals surface area contributed by atoms with Gasteiger partial charge in [0.25, 0.3) is 5.56 Å². The molecule has 2 aromatic carbocycles. The molecule has 0 saturated carbocycles. The Kier molecular flexibility index (Phi) is 6.81. The monoisotopic (exact) mass is 553 g/mol. The van der Waals surface area contributed by atoms with Crippen LogP contribution in [0.2, 0.25) is 0 Å². The summed E-state index contributed by atoms with van der Waals surface area (Å²) in [4.78, 5) is 34.6. The van der Waals surface area contributed by atoms with Gasteiger partial charge in [-0.25, -0.2) is 4.98 Å². The lowest BCUT2D eigenvalue weighted by Crippen LogP contribution is -2.23. The van der Waals surface area contributed by atoms with Crippen molar-refractivity contribution in [3.8, 4) is 11.4 Å². The van der Waals surface area contributed by atoms with Crippen molar-refractivity contribution >= 4 is 39.1 Å². The highest BCUT2D eigenvalue weighted by Crippen LogP contribution is 2.37. The van der Waals surface area contributed by atoms with E-state index >= 15 is 0 Å². The first-order chi connectivity index (χ1) is 18.8. The van der Waals surface area contributed by atoms with Crippen LogP contribution in [0.25, 0.3) is 21.6 Å². The van der Waals surface area contributed by atoms with Crippen LogP contribution in [0, 0.1) is 26.7 Å². The zero-order valence-corrected chi connectivity index (χ0v) is 24.3. The van der Waals surface area contributed by atoms with Crippen LogP contribution in [0.5, 0.6) is 0 Å². The molecule has 1 unspecified atom stereocenters. The number of Topliss-reactive ketones (excluding diaryl/α,β-unsaturated/α-hetero) is 1. The Hall–Kier alpha value is -3.42. The SMILES string of the molecule is Cc1ccc(-n2c(C)cc(C(=O)CSc3nc4sc5c(c4c(=O)n3-c3ccccc3)CCC(C)C5)c2C)cc1. The van der Waals surface area contributed by atoms with Crippen molar-refractivity contribution in [1.82, 2.24) is 14.1 Å². The third-order valence-corrected chi connectivity index (χ3v) is 9.76. The number of aryl methyl sites for hydroxylation is 3. The molecule has 0 N–H and O–H groups in total. The van der Waals surface area contributed by atoms with Gasteiger partial charge in [0.05, 0.1) is 16.8 Å². The van der Waals surface area contributed by atoms with Gasteiger partial charge in [-0.05, 0) is 81.8 Å². The molecule has 0 spiro atoms. The maximum absolute atomic E-state index is 14.0. The minimum atomic E-state index is -0.0363. The summed E-state index contributed by atoms with van der Waals surface area (Å²) in [5, 5.41) is 1.31. The van der Waals surface area contributed by atoms with Crippen LogP contribution < -0.4 is 5.56 Å². The highest BCUT2D eigenvalue weighted by molar-refractivity contribution is 7.99. The van der Waals surface area contributed by atoms with Crippen molar-refractivity contribution in [3.63, 3.8) is 0 Å². The summed E-state index contributed by atoms with van der Waals surface area (Å²) in [6.45, 7) is 8.36. The van der Waals surface area contributed by atoms with E-state index in [1.807, 2.05) is 50.2 Å². The Morgan fingerprint density at radius 3 is 2.49 bits per heavy atom. The molecule has 0 aliphatic heterocycles. The number of hydrogen-bond acceptors (Lipinski definition) is 5. The second kappa shape index (κ2) is 10.3. The zero-order chi connectivity index (χ0) is 27.3. The molecule has 39 heavy (non-hydrogen) atoms. The predicted molar refractivity (Wildman–Crippen MR) is 161 cm³/mol. The molecule has 5 aromatic rings. The number of benzene rings is 2. The fourth-order valence-electron chi connectivity index (χ4n) is 5.62. The average molecular weight is 554 g/mol. The number of rotatable bonds is 6. The molecule has 198 valence electrons. The highest BCUT2D eigenvalue weighted by atomic mass is 32.2. The number of aromatic nitrogens is 3. The van der Waals surface area contributed by atoms with E-state index in [0.29, 0.717) is 16.6 Å². The summed E-state index contributed by atoms with van der Waals surface area (Å²) in [7, 11) is 0. The molecular formula is C32H31N3O2S2. The van der Waals surface area contributed by atoms with Gasteiger partial charge in [-0.3, -0.25) is 14.2 Å². The van der Waals surface area contributed by atoms with Crippen molar-refractivity contribution < 1.29 is 4.79 Å². The second-order valence-corrected chi connectivity index (χ2v) is 12.6. The van der Waals surface area contributed by atoms with E-state index in [0.717, 1.165) is 52.2 Å². The van der Waals surface area contributed by atoms with Crippen LogP contribution in [-0.2, 0) is 12.8 Å². The third-order valence-electron chi connectivity index (χ3n) is 7.67. The third kappa shape index (κ3) is 4.68. The second-order valence-electron chi connectivity index (χ2n) is 10.6. The minimum Gasteiger partial charge on any atom is -0.318 e. The van der Waals surface area contributed by atoms with Crippen molar-refractivity contribution in [2.24, 2.45) is 5.92 Å². The van der Waals surface area contributed by atoms with Gasteiger partial charge in [0.2, 0.25) is 0 Å². The van der Waals surface area contributed by atoms with Gasteiger partial charge in [-0.1, -0.05) is 54.6 Å². The first kappa shape index (κ1) is 25.8. The molecule has 3 aromatic heterocycles. The molecule has 0 fully saturated rings. The Morgan fingerprint density at radius 2 is 1.74 bits per heavy atom. The minimum absolute atomic E-state index is 0.0275. The number of carbonyl (C=O) groups is 1. The summed E-state index contributed by atoms with van der Waals surface area (Å²) >= 11 is 2.99. The molecule has 1 aliphatic rings. The fourth-order valence-corrected chi connectivity index (χ4v) is 7.94. The number of carbonyl (C=O) groups excluding carboxylic acids is 1. The van der Waals surface area contributed by atoms with Crippen LogP contribution in [-0.4, -0.2) is 25.7 Å². The fraction of sp³-hybridized carbons (Fsp3) is 0.281. The topological polar surface area (TPSA) is 56.9 Å². The van der Waals surface area contributed by atoms with Crippen molar-refractivity contribution in [2.75, 3.05) is 5.75 Å². The molecule has 3 heterocycles. The van der Waals surface area contributed by atoms with Crippen LogP contribution in [0.3, 0.4) is 0 Å². The molecule has 0 amide bonds. The lowest BCUT2D eigenvalue weighted by atomic mass is 9.89. The Labute approximate surface area is 236 Å². The predicted octanol–water partition coefficient (Wildman–Crippen LogP) is 7.26. The van der Waals surface area contributed by atoms with Crippen LogP contribution in [0.4, 0.5) is 0 Å². The molecule has 0 bridgehead atoms. The first-order valence-corrected chi connectivity index (χ1v) is 15.2. The number of nitrogens with zero attached hydrogens (tertiary/aromatic N) is 3. The summed E-state index contributed by atoms with van der Waals surface area (Å²) < 4.78 is 3.82. The standard InChI is InChI=1S/C32H31N3O2S2/c1-19-10-13-24(14-11-19)34-21(3)17-26(22(34)4)27(36)18-38-32-33-30-29(25-15-12-20(2)16-28(25)39-30)31(37)35(32)23-8-6-5-7-9-23/h5-11,13-14,17,20H,12,15-16,18H2,1-4H3. The van der Waals surface area contributed by atoms with Gasteiger partial charge >= 0.3 is 0 Å². The van der Waals surface area contributed by atoms with Crippen LogP contribution in [0.15, 0.2) is 70.6 Å². The molecule has 1 atom stereocenters. The molecule has 7 heteroatoms. The number of hydrogen-bond donors (Lipinski definition) is 0. The quantitative estimate of drug-likeness (QED) is 0.126. The summed E-state index contributed by atoms with van der Waals surface area (Å²) in [6.07, 6.45) is 3.01. The van der Waals surface area contributed by atoms with Gasteiger partial charge in [-0.15, -0.1) is 11.3 Å². The molecule has 0 radical (unpaired) electrons. The van der Waals surface area contributed by atoms with E-state index in [-0.39, 0.29) is 17.1 Å². The first-order valence-electron chi connectivity index (χ1n) is 13.4. The van der Waals surface area contributed by atoms with E-state index in [2.05, 4.69) is 42.7 Å². The van der Waals surface area contributed by atoms with E-state index in [4.69, 9.17) is 4.98 Å². The molecular weight excluding hydrogens is 523 g/mol. The summed E-state index contributed by atoms with van der Waals surface area (Å²) in [5.74, 6) is 0.845. The van der Waals surface area contributed by atoms with Crippen molar-refractivity contribution in [1.29, 1.82) is 0 Å². The van der Waals surface area contributed by atoms with E-state index < -0.39 is 0 Å². The van der Waals surface area contributed by atoms with E-state index in [1.165, 1.54) is 27.8 Å². The molecule has 6 rings (SSSR count). The Morgan fingerprint density at radius 1 is 1.03 bits per heavy atom. The van der Waals surface area contributed by atoms with Crippen LogP contribution in [0.1, 0.15) is 51.1 Å². The normalized spacial score (nSPS) is 15.0. The van der Waals surface area contributed by atoms with E-state index in [9.17, 15) is 9.59 Å². The highest BCUT2D eigenvalue weighted by Gasteiger charge is 2.26. The smallest absolute Gasteiger partial charge is 0.267 e. The largest absolute Gasteiger partial charge is 0.318 e. The zero-order valence-electron chi connectivity index (χ0n) is 22.7. The number of thioether (sulfide) groups is 1. The molecule has 5 nitrogen and oxygen atoms in total. The van der Waals surface area contributed by atoms with Gasteiger partial charge in [0, 0.05) is 27.5 Å². The number of fused-ring (bicyclic) bond motifs is 3. The average Bonchev–Trinajstić information content (AvgIpc) is 3.44. The number of para-hydroxylation sites is 1. The number of thiophene rings is 1. The number of ketones is 1. The Balaban J connectivity index is 1.37. The van der Waals surface area contributed by atoms with Crippen LogP contribution >= 0.6 is 23.1 Å². The van der Waals surface area contributed by atoms with Gasteiger partial charge in [0.1, 0.15) is 4.83 Å². The summed E-state index contributed by atoms with van der Waals surface area (Å²) in [6, 6.07) is 19.9. The molecule has 1 aliphatic carbocycles. The van der Waals surface area contributed by atoms with Crippen molar-refractivity contribution in [2.45, 2.75) is 52.1 Å². The lowest BCUT2D eigenvalue weighted by Gasteiger charge is -2.17. The van der Waals surface area contributed by atoms with Gasteiger partial charge in [-0.2, -0.15) is 0 Å². The maximum atomic E-state index is 14.0. The van der Waals surface area contributed by atoms with Gasteiger partial charge in [0.15, 0.2) is 10.9 Å².